The van der Waals surface area contributed by atoms with Crippen molar-refractivity contribution >= 4 is 26.3 Å². The minimum absolute atomic E-state index is 0.544. The molecule has 122 valence electrons. The summed E-state index contributed by atoms with van der Waals surface area (Å²) in [6.07, 6.45) is 11.8. The molecule has 0 aromatic heterocycles. The van der Waals surface area contributed by atoms with Crippen molar-refractivity contribution in [1.82, 2.24) is 9.80 Å². The van der Waals surface area contributed by atoms with E-state index in [9.17, 15) is 0 Å². The first-order valence-electron chi connectivity index (χ1n) is 7.88. The fourth-order valence-corrected chi connectivity index (χ4v) is 10.9. The Morgan fingerprint density at radius 1 is 0.773 bits per heavy atom. The van der Waals surface area contributed by atoms with E-state index in [0.717, 1.165) is 0 Å². The number of nitrogens with zero attached hydrogens (tertiary/aromatic N) is 2. The average Bonchev–Trinajstić information content (AvgIpc) is 3.11. The van der Waals surface area contributed by atoms with Gasteiger partial charge in [0.15, 0.2) is 0 Å². The minimum atomic E-state index is 0.544. The molecule has 0 aromatic carbocycles. The topological polar surface area (TPSA) is 6.48 Å². The average molecular weight is 430 g/mol. The van der Waals surface area contributed by atoms with Crippen molar-refractivity contribution in [1.29, 1.82) is 0 Å². The summed E-state index contributed by atoms with van der Waals surface area (Å²) in [4.78, 5) is 4.65. The van der Waals surface area contributed by atoms with Crippen LogP contribution in [0.15, 0.2) is 44.4 Å². The number of likely N-dealkylation sites (N-methyl/N-ethyl adjacent to an activating group) is 2. The first-order chi connectivity index (χ1) is 10.4. The van der Waals surface area contributed by atoms with E-state index < -0.39 is 0 Å². The molecule has 0 heterocycles. The summed E-state index contributed by atoms with van der Waals surface area (Å²) in [6, 6.07) is 1.09. The van der Waals surface area contributed by atoms with Crippen LogP contribution >= 0.6 is 0 Å². The molecule has 2 aliphatic rings. The molecule has 0 saturated carbocycles. The third-order valence-corrected chi connectivity index (χ3v) is 12.5. The predicted octanol–water partition coefficient (Wildman–Crippen LogP) is 2.64. The van der Waals surface area contributed by atoms with Crippen LogP contribution in [0.2, 0.25) is 0 Å². The van der Waals surface area contributed by atoms with Gasteiger partial charge in [-0.3, -0.25) is 0 Å². The molecular weight excluding hydrogens is 402 g/mol. The number of hydrogen-bond acceptors (Lipinski definition) is 2. The SMILES string of the molecule is C[C@@H](C1=C([Se][Se]C2=C([C@H](C)N(C)C)C=CC2)CC=C1)N(C)C. The molecule has 0 N–H and O–H groups in total. The van der Waals surface area contributed by atoms with Gasteiger partial charge in [-0.2, -0.15) is 0 Å². The standard InChI is InChI=1S/C18H28N2Se2/c1-13(19(3)4)15-9-7-11-17(15)21-22-18-12-8-10-16(18)14(2)20(5)6/h7-10,13-14H,11-12H2,1-6H3/t13-,14-/m0/s1. The molecule has 0 aromatic rings. The molecule has 2 rings (SSSR count). The Morgan fingerprint density at radius 2 is 1.14 bits per heavy atom. The van der Waals surface area contributed by atoms with E-state index in [1.165, 1.54) is 12.8 Å². The maximum atomic E-state index is 2.36. The van der Waals surface area contributed by atoms with Crippen molar-refractivity contribution in [2.24, 2.45) is 0 Å². The normalized spacial score (nSPS) is 20.9. The maximum absolute atomic E-state index is 2.36. The molecule has 22 heavy (non-hydrogen) atoms. The molecule has 0 spiro atoms. The zero-order valence-electron chi connectivity index (χ0n) is 14.6. The van der Waals surface area contributed by atoms with Crippen LogP contribution in [0.25, 0.3) is 0 Å². The summed E-state index contributed by atoms with van der Waals surface area (Å²) < 4.78 is 3.45. The second-order valence-electron chi connectivity index (χ2n) is 6.42. The second-order valence-corrected chi connectivity index (χ2v) is 12.8. The van der Waals surface area contributed by atoms with Crippen LogP contribution in [0.4, 0.5) is 0 Å². The van der Waals surface area contributed by atoms with Crippen molar-refractivity contribution in [3.05, 3.63) is 44.4 Å². The molecular formula is C18H28N2Se2. The monoisotopic (exact) mass is 432 g/mol. The second kappa shape index (κ2) is 8.15. The van der Waals surface area contributed by atoms with E-state index in [1.54, 1.807) is 20.1 Å². The van der Waals surface area contributed by atoms with Gasteiger partial charge in [0, 0.05) is 0 Å². The van der Waals surface area contributed by atoms with Gasteiger partial charge in [-0.05, 0) is 0 Å². The summed E-state index contributed by atoms with van der Waals surface area (Å²) in [6.45, 7) is 4.65. The molecule has 0 bridgehead atoms. The van der Waals surface area contributed by atoms with Gasteiger partial charge in [-0.15, -0.1) is 0 Å². The van der Waals surface area contributed by atoms with Crippen LogP contribution in [0, 0.1) is 0 Å². The van der Waals surface area contributed by atoms with Crippen LogP contribution in [0.1, 0.15) is 26.7 Å². The van der Waals surface area contributed by atoms with Crippen LogP contribution in [0.5, 0.6) is 0 Å². The quantitative estimate of drug-likeness (QED) is 0.574. The number of hydrogen-bond donors (Lipinski definition) is 0. The van der Waals surface area contributed by atoms with Crippen molar-refractivity contribution < 1.29 is 0 Å². The van der Waals surface area contributed by atoms with Gasteiger partial charge in [0.2, 0.25) is 0 Å². The van der Waals surface area contributed by atoms with Crippen molar-refractivity contribution in [2.45, 2.75) is 38.8 Å². The molecule has 2 atom stereocenters. The van der Waals surface area contributed by atoms with Crippen molar-refractivity contribution in [3.63, 3.8) is 0 Å². The molecule has 0 unspecified atom stereocenters. The van der Waals surface area contributed by atoms with E-state index in [2.05, 4.69) is 76.1 Å². The number of rotatable bonds is 7. The molecule has 0 fully saturated rings. The van der Waals surface area contributed by atoms with Crippen LogP contribution in [0.3, 0.4) is 0 Å². The Morgan fingerprint density at radius 3 is 1.45 bits per heavy atom. The molecule has 2 nitrogen and oxygen atoms in total. The van der Waals surface area contributed by atoms with Gasteiger partial charge < -0.3 is 0 Å². The first-order valence-corrected chi connectivity index (χ1v) is 13.9. The van der Waals surface area contributed by atoms with Crippen LogP contribution in [-0.4, -0.2) is 76.3 Å². The van der Waals surface area contributed by atoms with Gasteiger partial charge in [0.05, 0.1) is 0 Å². The van der Waals surface area contributed by atoms with E-state index in [-0.39, 0.29) is 0 Å². The van der Waals surface area contributed by atoms with Gasteiger partial charge in [0.25, 0.3) is 0 Å². The van der Waals surface area contributed by atoms with Gasteiger partial charge in [0.1, 0.15) is 0 Å². The van der Waals surface area contributed by atoms with E-state index >= 15 is 0 Å². The molecule has 2 aliphatic carbocycles. The Balaban J connectivity index is 2.06. The summed E-state index contributed by atoms with van der Waals surface area (Å²) >= 11 is 1.30. The molecule has 0 radical (unpaired) electrons. The summed E-state index contributed by atoms with van der Waals surface area (Å²) in [5.41, 5.74) is 3.17. The zero-order chi connectivity index (χ0) is 16.3. The number of allylic oxidation sites excluding steroid dienone is 4. The first kappa shape index (κ1) is 18.3. The Hall–Kier alpha value is -0.0810. The van der Waals surface area contributed by atoms with E-state index in [4.69, 9.17) is 0 Å². The third-order valence-electron chi connectivity index (χ3n) is 4.54. The fraction of sp³-hybridized carbons (Fsp3) is 0.556. The van der Waals surface area contributed by atoms with E-state index in [0.29, 0.717) is 38.3 Å². The molecule has 4 heteroatoms. The van der Waals surface area contributed by atoms with E-state index in [1.807, 2.05) is 0 Å². The summed E-state index contributed by atoms with van der Waals surface area (Å²) in [7, 11) is 8.72. The van der Waals surface area contributed by atoms with Crippen LogP contribution < -0.4 is 0 Å². The summed E-state index contributed by atoms with van der Waals surface area (Å²) in [5.74, 6) is 0. The van der Waals surface area contributed by atoms with Gasteiger partial charge >= 0.3 is 147 Å². The Kier molecular flexibility index (Phi) is 6.76. The third kappa shape index (κ3) is 4.26. The Bertz CT molecular complexity index is 479. The predicted molar refractivity (Wildman–Crippen MR) is 99.4 cm³/mol. The van der Waals surface area contributed by atoms with Gasteiger partial charge in [-0.1, -0.05) is 0 Å². The molecule has 0 amide bonds. The molecule has 0 saturated heterocycles. The van der Waals surface area contributed by atoms with Crippen molar-refractivity contribution in [2.75, 3.05) is 28.2 Å². The fourth-order valence-electron chi connectivity index (χ4n) is 2.57. The Labute approximate surface area is 147 Å². The van der Waals surface area contributed by atoms with Crippen molar-refractivity contribution in [3.8, 4) is 0 Å². The molecule has 0 aliphatic heterocycles. The zero-order valence-corrected chi connectivity index (χ0v) is 18.0. The summed E-state index contributed by atoms with van der Waals surface area (Å²) in [5, 5.41) is 0. The van der Waals surface area contributed by atoms with Crippen LogP contribution in [-0.2, 0) is 0 Å². The van der Waals surface area contributed by atoms with Gasteiger partial charge in [-0.25, -0.2) is 0 Å².